The molecule has 1 N–H and O–H groups in total. The van der Waals surface area contributed by atoms with Crippen molar-refractivity contribution in [3.05, 3.63) is 23.8 Å². The Kier molecular flexibility index (Phi) is 5.82. The van der Waals surface area contributed by atoms with Gasteiger partial charge in [-0.25, -0.2) is 13.1 Å². The maximum Gasteiger partial charge on any atom is 0.240 e. The minimum Gasteiger partial charge on any atom is -0.493 e. The van der Waals surface area contributed by atoms with Crippen molar-refractivity contribution in [3.63, 3.8) is 0 Å². The molecule has 0 saturated heterocycles. The van der Waals surface area contributed by atoms with Crippen LogP contribution in [-0.4, -0.2) is 21.6 Å². The van der Waals surface area contributed by atoms with Crippen molar-refractivity contribution in [2.75, 3.05) is 13.2 Å². The van der Waals surface area contributed by atoms with E-state index in [9.17, 15) is 8.42 Å². The largest absolute Gasteiger partial charge is 0.493 e. The van der Waals surface area contributed by atoms with Gasteiger partial charge in [-0.3, -0.25) is 0 Å². The molecule has 1 aromatic rings. The fraction of sp³-hybridized carbons (Fsp3) is 0.571. The lowest BCUT2D eigenvalue weighted by Gasteiger charge is -2.12. The van der Waals surface area contributed by atoms with E-state index < -0.39 is 10.0 Å². The van der Waals surface area contributed by atoms with Crippen LogP contribution in [0.3, 0.4) is 0 Å². The van der Waals surface area contributed by atoms with Crippen LogP contribution in [-0.2, 0) is 10.0 Å². The molecule has 5 heteroatoms. The maximum absolute atomic E-state index is 12.1. The Morgan fingerprint density at radius 1 is 1.32 bits per heavy atom. The standard InChI is InChI=1S/C14H23NO3S/c1-5-8-18-14-7-6-13(9-12(14)4)19(16,17)15-10-11(2)3/h6-7,9,11,15H,5,8,10H2,1-4H3. The van der Waals surface area contributed by atoms with Gasteiger partial charge in [0.1, 0.15) is 5.75 Å². The lowest BCUT2D eigenvalue weighted by Crippen LogP contribution is -2.27. The van der Waals surface area contributed by atoms with Crippen LogP contribution in [0.5, 0.6) is 5.75 Å². The van der Waals surface area contributed by atoms with Crippen LogP contribution in [0.25, 0.3) is 0 Å². The van der Waals surface area contributed by atoms with Gasteiger partial charge in [0.15, 0.2) is 0 Å². The zero-order valence-electron chi connectivity index (χ0n) is 12.1. The zero-order valence-corrected chi connectivity index (χ0v) is 12.9. The first-order chi connectivity index (χ1) is 8.86. The number of aryl methyl sites for hydroxylation is 1. The maximum atomic E-state index is 12.1. The molecule has 0 radical (unpaired) electrons. The van der Waals surface area contributed by atoms with Gasteiger partial charge in [0.05, 0.1) is 11.5 Å². The Hall–Kier alpha value is -1.07. The normalized spacial score (nSPS) is 11.8. The summed E-state index contributed by atoms with van der Waals surface area (Å²) < 4.78 is 32.3. The highest BCUT2D eigenvalue weighted by Gasteiger charge is 2.15. The summed E-state index contributed by atoms with van der Waals surface area (Å²) in [5.41, 5.74) is 0.834. The monoisotopic (exact) mass is 285 g/mol. The third-order valence-electron chi connectivity index (χ3n) is 2.60. The van der Waals surface area contributed by atoms with Crippen LogP contribution in [0.1, 0.15) is 32.8 Å². The minimum absolute atomic E-state index is 0.281. The molecule has 0 spiro atoms. The van der Waals surface area contributed by atoms with Crippen molar-refractivity contribution in [3.8, 4) is 5.75 Å². The van der Waals surface area contributed by atoms with Gasteiger partial charge >= 0.3 is 0 Å². The molecule has 0 aliphatic carbocycles. The van der Waals surface area contributed by atoms with Crippen molar-refractivity contribution >= 4 is 10.0 Å². The Morgan fingerprint density at radius 2 is 2.00 bits per heavy atom. The highest BCUT2D eigenvalue weighted by molar-refractivity contribution is 7.89. The fourth-order valence-electron chi connectivity index (χ4n) is 1.52. The molecular formula is C14H23NO3S. The average Bonchev–Trinajstić information content (AvgIpc) is 2.35. The molecule has 0 aromatic heterocycles. The van der Waals surface area contributed by atoms with E-state index in [-0.39, 0.29) is 10.8 Å². The minimum atomic E-state index is -3.42. The van der Waals surface area contributed by atoms with Crippen molar-refractivity contribution in [1.82, 2.24) is 4.72 Å². The molecular weight excluding hydrogens is 262 g/mol. The van der Waals surface area contributed by atoms with E-state index in [4.69, 9.17) is 4.74 Å². The summed E-state index contributed by atoms with van der Waals surface area (Å²) in [4.78, 5) is 0.287. The third-order valence-corrected chi connectivity index (χ3v) is 4.02. The van der Waals surface area contributed by atoms with Gasteiger partial charge in [0, 0.05) is 6.54 Å². The SMILES string of the molecule is CCCOc1ccc(S(=O)(=O)NCC(C)C)cc1C. The lowest BCUT2D eigenvalue weighted by molar-refractivity contribution is 0.315. The predicted octanol–water partition coefficient (Wildman–Crippen LogP) is 2.72. The summed E-state index contributed by atoms with van der Waals surface area (Å²) in [6, 6.07) is 4.95. The molecule has 0 fully saturated rings. The van der Waals surface area contributed by atoms with Crippen LogP contribution < -0.4 is 9.46 Å². The smallest absolute Gasteiger partial charge is 0.240 e. The number of nitrogens with one attached hydrogen (secondary N) is 1. The fourth-order valence-corrected chi connectivity index (χ4v) is 2.82. The number of rotatable bonds is 7. The van der Waals surface area contributed by atoms with Crippen molar-refractivity contribution in [2.24, 2.45) is 5.92 Å². The number of ether oxygens (including phenoxy) is 1. The molecule has 1 rings (SSSR count). The molecule has 0 amide bonds. The molecule has 0 aliphatic heterocycles. The highest BCUT2D eigenvalue weighted by atomic mass is 32.2. The van der Waals surface area contributed by atoms with Crippen LogP contribution in [0.15, 0.2) is 23.1 Å². The van der Waals surface area contributed by atoms with E-state index in [0.717, 1.165) is 17.7 Å². The van der Waals surface area contributed by atoms with E-state index in [2.05, 4.69) is 4.72 Å². The Labute approximate surface area is 116 Å². The molecule has 0 unspecified atom stereocenters. The number of hydrogen-bond donors (Lipinski definition) is 1. The van der Waals surface area contributed by atoms with E-state index >= 15 is 0 Å². The van der Waals surface area contributed by atoms with E-state index in [1.54, 1.807) is 18.2 Å². The molecule has 0 bridgehead atoms. The first kappa shape index (κ1) is 16.0. The summed E-state index contributed by atoms with van der Waals surface area (Å²) in [6.07, 6.45) is 0.926. The van der Waals surface area contributed by atoms with E-state index in [0.29, 0.717) is 13.2 Å². The van der Waals surface area contributed by atoms with Crippen molar-refractivity contribution in [1.29, 1.82) is 0 Å². The Morgan fingerprint density at radius 3 is 2.53 bits per heavy atom. The van der Waals surface area contributed by atoms with Gasteiger partial charge in [0.25, 0.3) is 0 Å². The van der Waals surface area contributed by atoms with E-state index in [1.807, 2.05) is 27.7 Å². The summed E-state index contributed by atoms with van der Waals surface area (Å²) in [5.74, 6) is 1.02. The lowest BCUT2D eigenvalue weighted by atomic mass is 10.2. The van der Waals surface area contributed by atoms with Gasteiger partial charge < -0.3 is 4.74 Å². The molecule has 0 heterocycles. The molecule has 1 aromatic carbocycles. The highest BCUT2D eigenvalue weighted by Crippen LogP contribution is 2.21. The average molecular weight is 285 g/mol. The van der Waals surface area contributed by atoms with Crippen molar-refractivity contribution in [2.45, 2.75) is 39.0 Å². The molecule has 108 valence electrons. The second-order valence-electron chi connectivity index (χ2n) is 5.02. The Balaban J connectivity index is 2.87. The Bertz CT molecular complexity index is 509. The number of hydrogen-bond acceptors (Lipinski definition) is 3. The topological polar surface area (TPSA) is 55.4 Å². The van der Waals surface area contributed by atoms with Gasteiger partial charge in [-0.05, 0) is 43.0 Å². The van der Waals surface area contributed by atoms with Crippen molar-refractivity contribution < 1.29 is 13.2 Å². The molecule has 4 nitrogen and oxygen atoms in total. The van der Waals surface area contributed by atoms with Crippen LogP contribution >= 0.6 is 0 Å². The van der Waals surface area contributed by atoms with Crippen LogP contribution in [0.4, 0.5) is 0 Å². The number of benzene rings is 1. The second-order valence-corrected chi connectivity index (χ2v) is 6.79. The van der Waals surface area contributed by atoms with Gasteiger partial charge in [-0.1, -0.05) is 20.8 Å². The molecule has 0 atom stereocenters. The summed E-state index contributed by atoms with van der Waals surface area (Å²) in [6.45, 7) is 8.90. The quantitative estimate of drug-likeness (QED) is 0.838. The first-order valence-corrected chi connectivity index (χ1v) is 8.08. The van der Waals surface area contributed by atoms with Gasteiger partial charge in [0.2, 0.25) is 10.0 Å². The molecule has 0 saturated carbocycles. The van der Waals surface area contributed by atoms with Gasteiger partial charge in [-0.15, -0.1) is 0 Å². The summed E-state index contributed by atoms with van der Waals surface area (Å²) in [7, 11) is -3.42. The first-order valence-electron chi connectivity index (χ1n) is 6.60. The summed E-state index contributed by atoms with van der Waals surface area (Å²) >= 11 is 0. The zero-order chi connectivity index (χ0) is 14.5. The van der Waals surface area contributed by atoms with Gasteiger partial charge in [-0.2, -0.15) is 0 Å². The predicted molar refractivity (Wildman–Crippen MR) is 77.0 cm³/mol. The third kappa shape index (κ3) is 4.84. The summed E-state index contributed by atoms with van der Waals surface area (Å²) in [5, 5.41) is 0. The molecule has 0 aliphatic rings. The molecule has 19 heavy (non-hydrogen) atoms. The second kappa shape index (κ2) is 6.91. The number of sulfonamides is 1. The van der Waals surface area contributed by atoms with E-state index in [1.165, 1.54) is 0 Å². The van der Waals surface area contributed by atoms with Crippen LogP contribution in [0.2, 0.25) is 0 Å². The van der Waals surface area contributed by atoms with Crippen LogP contribution in [0, 0.1) is 12.8 Å².